The third kappa shape index (κ3) is 4.20. The Bertz CT molecular complexity index is 911. The molecule has 1 aromatic carbocycles. The summed E-state index contributed by atoms with van der Waals surface area (Å²) < 4.78 is 5.35. The van der Waals surface area contributed by atoms with Gasteiger partial charge in [0.1, 0.15) is 5.69 Å². The van der Waals surface area contributed by atoms with Gasteiger partial charge in [0.2, 0.25) is 5.91 Å². The Morgan fingerprint density at radius 1 is 1.18 bits per heavy atom. The van der Waals surface area contributed by atoms with Crippen LogP contribution in [0.2, 0.25) is 0 Å². The highest BCUT2D eigenvalue weighted by Gasteiger charge is 2.27. The second-order valence-corrected chi connectivity index (χ2v) is 7.64. The van der Waals surface area contributed by atoms with Crippen molar-refractivity contribution in [3.8, 4) is 11.5 Å². The van der Waals surface area contributed by atoms with Gasteiger partial charge >= 0.3 is 0 Å². The average molecular weight is 395 g/mol. The third-order valence-corrected chi connectivity index (χ3v) is 5.64. The lowest BCUT2D eigenvalue weighted by Gasteiger charge is -2.32. The second kappa shape index (κ2) is 8.48. The number of hydrogen-bond donors (Lipinski definition) is 1. The number of benzene rings is 1. The standard InChI is InChI=1S/C21H22N4O2S/c1-28-17-8-6-16(7-9-17)22-21(26)15-4-2-12-25(14-15)20-11-10-18(23-24-20)19-5-3-13-27-19/h3,5-11,13,15H,2,4,12,14H2,1H3,(H,22,26). The van der Waals surface area contributed by atoms with Gasteiger partial charge in [0, 0.05) is 23.7 Å². The molecule has 1 atom stereocenters. The molecular formula is C21H22N4O2S. The van der Waals surface area contributed by atoms with Crippen LogP contribution in [-0.4, -0.2) is 35.4 Å². The highest BCUT2D eigenvalue weighted by molar-refractivity contribution is 7.98. The van der Waals surface area contributed by atoms with Gasteiger partial charge in [-0.05, 0) is 67.6 Å². The van der Waals surface area contributed by atoms with Crippen LogP contribution in [0.25, 0.3) is 11.5 Å². The number of hydrogen-bond acceptors (Lipinski definition) is 6. The van der Waals surface area contributed by atoms with E-state index < -0.39 is 0 Å². The summed E-state index contributed by atoms with van der Waals surface area (Å²) >= 11 is 1.68. The first-order valence-electron chi connectivity index (χ1n) is 9.30. The molecule has 0 spiro atoms. The van der Waals surface area contributed by atoms with E-state index in [-0.39, 0.29) is 11.8 Å². The maximum absolute atomic E-state index is 12.7. The van der Waals surface area contributed by atoms with Crippen molar-refractivity contribution in [2.45, 2.75) is 17.7 Å². The van der Waals surface area contributed by atoms with Crippen LogP contribution >= 0.6 is 11.8 Å². The molecule has 1 unspecified atom stereocenters. The predicted molar refractivity (Wildman–Crippen MR) is 112 cm³/mol. The van der Waals surface area contributed by atoms with Gasteiger partial charge in [0.25, 0.3) is 0 Å². The van der Waals surface area contributed by atoms with Gasteiger partial charge in [-0.3, -0.25) is 4.79 Å². The first kappa shape index (κ1) is 18.6. The Balaban J connectivity index is 1.40. The van der Waals surface area contributed by atoms with Crippen molar-refractivity contribution in [1.82, 2.24) is 10.2 Å². The fourth-order valence-corrected chi connectivity index (χ4v) is 3.78. The van der Waals surface area contributed by atoms with Gasteiger partial charge in [0.15, 0.2) is 11.6 Å². The number of furan rings is 1. The number of aromatic nitrogens is 2. The summed E-state index contributed by atoms with van der Waals surface area (Å²) in [4.78, 5) is 16.0. The van der Waals surface area contributed by atoms with Crippen molar-refractivity contribution in [1.29, 1.82) is 0 Å². The molecule has 6 nitrogen and oxygen atoms in total. The quantitative estimate of drug-likeness (QED) is 0.650. The van der Waals surface area contributed by atoms with E-state index in [9.17, 15) is 4.79 Å². The average Bonchev–Trinajstić information content (AvgIpc) is 3.29. The summed E-state index contributed by atoms with van der Waals surface area (Å²) in [6.45, 7) is 1.52. The summed E-state index contributed by atoms with van der Waals surface area (Å²) in [5.74, 6) is 1.47. The maximum Gasteiger partial charge on any atom is 0.229 e. The number of amides is 1. The number of anilines is 2. The molecule has 2 aromatic heterocycles. The van der Waals surface area contributed by atoms with Crippen molar-refractivity contribution in [3.05, 3.63) is 54.8 Å². The molecule has 0 radical (unpaired) electrons. The van der Waals surface area contributed by atoms with Gasteiger partial charge in [-0.2, -0.15) is 0 Å². The molecule has 1 N–H and O–H groups in total. The van der Waals surface area contributed by atoms with Gasteiger partial charge in [0.05, 0.1) is 12.2 Å². The minimum Gasteiger partial charge on any atom is -0.463 e. The molecular weight excluding hydrogens is 372 g/mol. The van der Waals surface area contributed by atoms with E-state index in [1.54, 1.807) is 18.0 Å². The Morgan fingerprint density at radius 2 is 2.04 bits per heavy atom. The van der Waals surface area contributed by atoms with Crippen molar-refractivity contribution in [2.24, 2.45) is 5.92 Å². The summed E-state index contributed by atoms with van der Waals surface area (Å²) in [5.41, 5.74) is 1.54. The highest BCUT2D eigenvalue weighted by atomic mass is 32.2. The van der Waals surface area contributed by atoms with Gasteiger partial charge in [-0.25, -0.2) is 0 Å². The molecule has 0 aliphatic carbocycles. The van der Waals surface area contributed by atoms with Crippen molar-refractivity contribution < 1.29 is 9.21 Å². The van der Waals surface area contributed by atoms with Crippen LogP contribution in [0.4, 0.5) is 11.5 Å². The summed E-state index contributed by atoms with van der Waals surface area (Å²) in [6, 6.07) is 15.5. The molecule has 4 rings (SSSR count). The number of piperidine rings is 1. The number of nitrogens with one attached hydrogen (secondary N) is 1. The Labute approximate surface area is 168 Å². The van der Waals surface area contributed by atoms with E-state index in [1.807, 2.05) is 54.8 Å². The molecule has 3 aromatic rings. The fourth-order valence-electron chi connectivity index (χ4n) is 3.37. The monoisotopic (exact) mass is 394 g/mol. The first-order chi connectivity index (χ1) is 13.7. The fraction of sp³-hybridized carbons (Fsp3) is 0.286. The van der Waals surface area contributed by atoms with E-state index in [0.717, 1.165) is 30.9 Å². The minimum atomic E-state index is -0.0690. The van der Waals surface area contributed by atoms with Crippen molar-refractivity contribution in [2.75, 3.05) is 29.6 Å². The van der Waals surface area contributed by atoms with E-state index >= 15 is 0 Å². The second-order valence-electron chi connectivity index (χ2n) is 6.76. The summed E-state index contributed by atoms with van der Waals surface area (Å²) in [5, 5.41) is 11.6. The molecule has 144 valence electrons. The normalized spacial score (nSPS) is 16.8. The molecule has 1 amide bonds. The van der Waals surface area contributed by atoms with Crippen LogP contribution < -0.4 is 10.2 Å². The smallest absolute Gasteiger partial charge is 0.229 e. The number of carbonyl (C=O) groups is 1. The number of carbonyl (C=O) groups excluding carboxylic acids is 1. The number of nitrogens with zero attached hydrogens (tertiary/aromatic N) is 3. The van der Waals surface area contributed by atoms with Gasteiger partial charge in [-0.1, -0.05) is 0 Å². The lowest BCUT2D eigenvalue weighted by atomic mass is 9.97. The van der Waals surface area contributed by atoms with Crippen LogP contribution in [0.5, 0.6) is 0 Å². The molecule has 7 heteroatoms. The molecule has 28 heavy (non-hydrogen) atoms. The predicted octanol–water partition coefficient (Wildman–Crippen LogP) is 4.31. The van der Waals surface area contributed by atoms with E-state index in [0.29, 0.717) is 18.0 Å². The van der Waals surface area contributed by atoms with Gasteiger partial charge < -0.3 is 14.6 Å². The van der Waals surface area contributed by atoms with Crippen LogP contribution in [0, 0.1) is 5.92 Å². The van der Waals surface area contributed by atoms with Crippen LogP contribution in [-0.2, 0) is 4.79 Å². The van der Waals surface area contributed by atoms with E-state index in [2.05, 4.69) is 20.4 Å². The summed E-state index contributed by atoms with van der Waals surface area (Å²) in [7, 11) is 0. The molecule has 0 bridgehead atoms. The Kier molecular flexibility index (Phi) is 5.62. The molecule has 0 saturated carbocycles. The number of thioether (sulfide) groups is 1. The highest BCUT2D eigenvalue weighted by Crippen LogP contribution is 2.25. The van der Waals surface area contributed by atoms with Crippen LogP contribution in [0.3, 0.4) is 0 Å². The minimum absolute atomic E-state index is 0.0572. The Morgan fingerprint density at radius 3 is 2.71 bits per heavy atom. The van der Waals surface area contributed by atoms with E-state index in [4.69, 9.17) is 4.42 Å². The lowest BCUT2D eigenvalue weighted by Crippen LogP contribution is -2.41. The zero-order valence-corrected chi connectivity index (χ0v) is 16.5. The van der Waals surface area contributed by atoms with Crippen LogP contribution in [0.15, 0.2) is 64.1 Å². The van der Waals surface area contributed by atoms with E-state index in [1.165, 1.54) is 4.90 Å². The van der Waals surface area contributed by atoms with Crippen molar-refractivity contribution >= 4 is 29.2 Å². The first-order valence-corrected chi connectivity index (χ1v) is 10.5. The van der Waals surface area contributed by atoms with Gasteiger partial charge in [-0.15, -0.1) is 22.0 Å². The third-order valence-electron chi connectivity index (χ3n) is 4.90. The zero-order valence-electron chi connectivity index (χ0n) is 15.7. The molecule has 1 aliphatic rings. The maximum atomic E-state index is 12.7. The molecule has 1 fully saturated rings. The molecule has 1 saturated heterocycles. The molecule has 3 heterocycles. The summed E-state index contributed by atoms with van der Waals surface area (Å²) in [6.07, 6.45) is 5.48. The SMILES string of the molecule is CSc1ccc(NC(=O)C2CCCN(c3ccc(-c4ccco4)nn3)C2)cc1. The lowest BCUT2D eigenvalue weighted by molar-refractivity contribution is -0.120. The topological polar surface area (TPSA) is 71.3 Å². The Hall–Kier alpha value is -2.80. The number of rotatable bonds is 5. The zero-order chi connectivity index (χ0) is 19.3. The van der Waals surface area contributed by atoms with Crippen molar-refractivity contribution in [3.63, 3.8) is 0 Å². The molecule has 1 aliphatic heterocycles. The largest absolute Gasteiger partial charge is 0.463 e. The van der Waals surface area contributed by atoms with Crippen LogP contribution in [0.1, 0.15) is 12.8 Å².